The van der Waals surface area contributed by atoms with Gasteiger partial charge in [-0.15, -0.1) is 10.2 Å². The van der Waals surface area contributed by atoms with Crippen LogP contribution in [0.2, 0.25) is 5.02 Å². The summed E-state index contributed by atoms with van der Waals surface area (Å²) in [4.78, 5) is 11.7. The standard InChI is InChI=1S/C11H10ClFN4OS/c1-17-6-14-16-11(17)19-5-10(18)15-9-4-7(12)2-3-8(9)13/h2-4,6H,5H2,1H3,(H,15,18). The second-order valence-electron chi connectivity index (χ2n) is 3.69. The number of nitrogens with one attached hydrogen (secondary N) is 1. The monoisotopic (exact) mass is 300 g/mol. The van der Waals surface area contributed by atoms with Gasteiger partial charge in [-0.25, -0.2) is 4.39 Å². The molecule has 2 aromatic rings. The maximum absolute atomic E-state index is 13.4. The maximum Gasteiger partial charge on any atom is 0.234 e. The molecule has 1 heterocycles. The summed E-state index contributed by atoms with van der Waals surface area (Å²) >= 11 is 6.95. The molecule has 0 atom stereocenters. The normalized spacial score (nSPS) is 10.5. The number of carbonyl (C=O) groups excluding carboxylic acids is 1. The van der Waals surface area contributed by atoms with Gasteiger partial charge in [-0.3, -0.25) is 4.79 Å². The Kier molecular flexibility index (Phi) is 4.39. The number of nitrogens with zero attached hydrogens (tertiary/aromatic N) is 3. The van der Waals surface area contributed by atoms with Crippen molar-refractivity contribution in [2.45, 2.75) is 5.16 Å². The van der Waals surface area contributed by atoms with Gasteiger partial charge in [-0.05, 0) is 18.2 Å². The molecule has 100 valence electrons. The highest BCUT2D eigenvalue weighted by Gasteiger charge is 2.10. The minimum Gasteiger partial charge on any atom is -0.323 e. The average Bonchev–Trinajstić information content (AvgIpc) is 2.77. The molecule has 0 fully saturated rings. The van der Waals surface area contributed by atoms with E-state index >= 15 is 0 Å². The molecule has 0 unspecified atom stereocenters. The maximum atomic E-state index is 13.4. The minimum atomic E-state index is -0.526. The van der Waals surface area contributed by atoms with Crippen molar-refractivity contribution in [1.29, 1.82) is 0 Å². The fourth-order valence-corrected chi connectivity index (χ4v) is 2.17. The van der Waals surface area contributed by atoms with Gasteiger partial charge in [0.05, 0.1) is 11.4 Å². The number of halogens is 2. The lowest BCUT2D eigenvalue weighted by atomic mass is 10.3. The molecule has 0 saturated heterocycles. The fraction of sp³-hybridized carbons (Fsp3) is 0.182. The molecule has 1 aromatic carbocycles. The first kappa shape index (κ1) is 13.8. The number of aromatic nitrogens is 3. The SMILES string of the molecule is Cn1cnnc1SCC(=O)Nc1cc(Cl)ccc1F. The summed E-state index contributed by atoms with van der Waals surface area (Å²) in [7, 11) is 1.77. The summed E-state index contributed by atoms with van der Waals surface area (Å²) in [5, 5.41) is 10.9. The second-order valence-corrected chi connectivity index (χ2v) is 5.06. The van der Waals surface area contributed by atoms with Gasteiger partial charge in [0.2, 0.25) is 5.91 Å². The quantitative estimate of drug-likeness (QED) is 0.881. The number of anilines is 1. The number of amides is 1. The Labute approximate surface area is 118 Å². The van der Waals surface area contributed by atoms with Crippen LogP contribution in [0.4, 0.5) is 10.1 Å². The van der Waals surface area contributed by atoms with E-state index in [2.05, 4.69) is 15.5 Å². The van der Waals surface area contributed by atoms with Gasteiger partial charge in [0.15, 0.2) is 5.16 Å². The summed E-state index contributed by atoms with van der Waals surface area (Å²) in [6, 6.07) is 3.98. The molecule has 0 radical (unpaired) electrons. The zero-order chi connectivity index (χ0) is 13.8. The Balaban J connectivity index is 1.94. The molecule has 1 amide bonds. The molecule has 5 nitrogen and oxygen atoms in total. The summed E-state index contributed by atoms with van der Waals surface area (Å²) < 4.78 is 15.1. The third-order valence-corrected chi connectivity index (χ3v) is 3.47. The zero-order valence-corrected chi connectivity index (χ0v) is 11.5. The molecular weight excluding hydrogens is 291 g/mol. The molecular formula is C11H10ClFN4OS. The molecule has 0 aliphatic heterocycles. The fourth-order valence-electron chi connectivity index (χ4n) is 1.31. The highest BCUT2D eigenvalue weighted by molar-refractivity contribution is 7.99. The molecule has 2 rings (SSSR count). The first-order valence-electron chi connectivity index (χ1n) is 5.28. The van der Waals surface area contributed by atoms with Gasteiger partial charge < -0.3 is 9.88 Å². The molecule has 0 bridgehead atoms. The smallest absolute Gasteiger partial charge is 0.234 e. The molecule has 0 aliphatic rings. The molecule has 19 heavy (non-hydrogen) atoms. The highest BCUT2D eigenvalue weighted by Crippen LogP contribution is 2.20. The van der Waals surface area contributed by atoms with Crippen LogP contribution in [0.1, 0.15) is 0 Å². The molecule has 8 heteroatoms. The van der Waals surface area contributed by atoms with E-state index in [4.69, 9.17) is 11.6 Å². The van der Waals surface area contributed by atoms with E-state index in [9.17, 15) is 9.18 Å². The lowest BCUT2D eigenvalue weighted by molar-refractivity contribution is -0.113. The van der Waals surface area contributed by atoms with Gasteiger partial charge in [-0.1, -0.05) is 23.4 Å². The van der Waals surface area contributed by atoms with Crippen molar-refractivity contribution in [2.24, 2.45) is 7.05 Å². The summed E-state index contributed by atoms with van der Waals surface area (Å²) in [5.41, 5.74) is 0.0658. The van der Waals surface area contributed by atoms with Crippen LogP contribution in [-0.4, -0.2) is 26.4 Å². The first-order chi connectivity index (χ1) is 9.06. The number of thioether (sulfide) groups is 1. The molecule has 0 aliphatic carbocycles. The highest BCUT2D eigenvalue weighted by atomic mass is 35.5. The van der Waals surface area contributed by atoms with Crippen molar-refractivity contribution < 1.29 is 9.18 Å². The third kappa shape index (κ3) is 3.68. The van der Waals surface area contributed by atoms with Crippen molar-refractivity contribution in [3.63, 3.8) is 0 Å². The van der Waals surface area contributed by atoms with Crippen molar-refractivity contribution in [1.82, 2.24) is 14.8 Å². The van der Waals surface area contributed by atoms with E-state index in [1.54, 1.807) is 11.6 Å². The number of hydrogen-bond donors (Lipinski definition) is 1. The molecule has 0 spiro atoms. The lowest BCUT2D eigenvalue weighted by Gasteiger charge is -2.06. The predicted octanol–water partition coefficient (Wildman–Crippen LogP) is 2.34. The predicted molar refractivity (Wildman–Crippen MR) is 71.8 cm³/mol. The van der Waals surface area contributed by atoms with Gasteiger partial charge in [0, 0.05) is 12.1 Å². The van der Waals surface area contributed by atoms with E-state index in [1.165, 1.54) is 36.3 Å². The van der Waals surface area contributed by atoms with Crippen LogP contribution in [0.25, 0.3) is 0 Å². The van der Waals surface area contributed by atoms with E-state index in [-0.39, 0.29) is 17.3 Å². The summed E-state index contributed by atoms with van der Waals surface area (Å²) in [6.45, 7) is 0. The van der Waals surface area contributed by atoms with Crippen molar-refractivity contribution in [3.8, 4) is 0 Å². The lowest BCUT2D eigenvalue weighted by Crippen LogP contribution is -2.15. The van der Waals surface area contributed by atoms with E-state index in [0.717, 1.165) is 0 Å². The molecule has 1 aromatic heterocycles. The zero-order valence-electron chi connectivity index (χ0n) is 9.93. The van der Waals surface area contributed by atoms with Crippen molar-refractivity contribution >= 4 is 35.0 Å². The Bertz CT molecular complexity index is 604. The van der Waals surface area contributed by atoms with Crippen LogP contribution in [0.3, 0.4) is 0 Å². The Hall–Kier alpha value is -1.60. The number of aryl methyl sites for hydroxylation is 1. The van der Waals surface area contributed by atoms with Crippen LogP contribution < -0.4 is 5.32 Å². The first-order valence-corrected chi connectivity index (χ1v) is 6.64. The van der Waals surface area contributed by atoms with Crippen molar-refractivity contribution in [3.05, 3.63) is 35.4 Å². The number of rotatable bonds is 4. The van der Waals surface area contributed by atoms with Gasteiger partial charge in [0.1, 0.15) is 12.1 Å². The van der Waals surface area contributed by atoms with Crippen LogP contribution in [0, 0.1) is 5.82 Å². The Morgan fingerprint density at radius 3 is 3.05 bits per heavy atom. The van der Waals surface area contributed by atoms with Gasteiger partial charge >= 0.3 is 0 Å². The summed E-state index contributed by atoms with van der Waals surface area (Å²) in [5.74, 6) is -0.756. The summed E-state index contributed by atoms with van der Waals surface area (Å²) in [6.07, 6.45) is 1.54. The minimum absolute atomic E-state index is 0.0658. The van der Waals surface area contributed by atoms with Crippen LogP contribution in [-0.2, 0) is 11.8 Å². The average molecular weight is 301 g/mol. The van der Waals surface area contributed by atoms with Gasteiger partial charge in [-0.2, -0.15) is 0 Å². The van der Waals surface area contributed by atoms with E-state index in [0.29, 0.717) is 10.2 Å². The largest absolute Gasteiger partial charge is 0.323 e. The molecule has 0 saturated carbocycles. The van der Waals surface area contributed by atoms with Crippen molar-refractivity contribution in [2.75, 3.05) is 11.1 Å². The van der Waals surface area contributed by atoms with Crippen LogP contribution in [0.5, 0.6) is 0 Å². The molecule has 1 N–H and O–H groups in total. The third-order valence-electron chi connectivity index (χ3n) is 2.20. The number of hydrogen-bond acceptors (Lipinski definition) is 4. The van der Waals surface area contributed by atoms with E-state index < -0.39 is 5.82 Å². The Morgan fingerprint density at radius 2 is 2.37 bits per heavy atom. The van der Waals surface area contributed by atoms with Gasteiger partial charge in [0.25, 0.3) is 0 Å². The van der Waals surface area contributed by atoms with Crippen LogP contribution >= 0.6 is 23.4 Å². The second kappa shape index (κ2) is 6.03. The topological polar surface area (TPSA) is 59.8 Å². The number of benzene rings is 1. The Morgan fingerprint density at radius 1 is 1.58 bits per heavy atom. The van der Waals surface area contributed by atoms with E-state index in [1.807, 2.05) is 0 Å². The van der Waals surface area contributed by atoms with Crippen LogP contribution in [0.15, 0.2) is 29.7 Å². The number of carbonyl (C=O) groups is 1.